The molecule has 0 saturated carbocycles. The number of aromatic nitrogens is 3. The molecule has 0 spiro atoms. The molecule has 0 radical (unpaired) electrons. The number of carboxylic acid groups (broad SMARTS) is 1. The molecule has 1 amide bonds. The van der Waals surface area contributed by atoms with Crippen LogP contribution in [0.2, 0.25) is 0 Å². The topological polar surface area (TPSA) is 122 Å². The maximum absolute atomic E-state index is 11.9. The Labute approximate surface area is 163 Å². The van der Waals surface area contributed by atoms with Gasteiger partial charge in [0.05, 0.1) is 5.69 Å². The molecule has 3 heterocycles. The summed E-state index contributed by atoms with van der Waals surface area (Å²) in [4.78, 5) is 39.1. The summed E-state index contributed by atoms with van der Waals surface area (Å²) in [6.07, 6.45) is -4.27. The lowest BCUT2D eigenvalue weighted by molar-refractivity contribution is -0.192. The number of fused-ring (bicyclic) bond motifs is 1. The van der Waals surface area contributed by atoms with Crippen LogP contribution in [0.5, 0.6) is 0 Å². The van der Waals surface area contributed by atoms with Gasteiger partial charge in [0.25, 0.3) is 11.5 Å². The molecule has 12 heteroatoms. The lowest BCUT2D eigenvalue weighted by Gasteiger charge is -2.27. The number of hydrogen-bond acceptors (Lipinski definition) is 5. The Morgan fingerprint density at radius 2 is 1.97 bits per heavy atom. The van der Waals surface area contributed by atoms with Crippen LogP contribution in [-0.4, -0.2) is 68.8 Å². The van der Waals surface area contributed by atoms with E-state index in [1.54, 1.807) is 25.1 Å². The number of halogens is 3. The maximum atomic E-state index is 11.9. The Morgan fingerprint density at radius 1 is 1.31 bits per heavy atom. The summed E-state index contributed by atoms with van der Waals surface area (Å²) in [7, 11) is 3.46. The van der Waals surface area contributed by atoms with E-state index in [1.807, 2.05) is 12.1 Å². The predicted octanol–water partition coefficient (Wildman–Crippen LogP) is 0.991. The number of aliphatic carboxylic acids is 1. The van der Waals surface area contributed by atoms with Crippen LogP contribution in [0.25, 0.3) is 0 Å². The van der Waals surface area contributed by atoms with Gasteiger partial charge in [0.1, 0.15) is 5.69 Å². The number of amides is 1. The third-order valence-corrected chi connectivity index (χ3v) is 4.06. The molecule has 0 bridgehead atoms. The van der Waals surface area contributed by atoms with Crippen molar-refractivity contribution in [1.29, 1.82) is 0 Å². The van der Waals surface area contributed by atoms with Gasteiger partial charge in [-0.2, -0.15) is 18.3 Å². The van der Waals surface area contributed by atoms with Crippen LogP contribution in [0, 0.1) is 0 Å². The van der Waals surface area contributed by atoms with Crippen molar-refractivity contribution in [3.05, 3.63) is 51.2 Å². The van der Waals surface area contributed by atoms with Crippen LogP contribution in [0.1, 0.15) is 27.4 Å². The molecule has 2 aromatic heterocycles. The number of H-pyrrole nitrogens is 2. The first-order valence-electron chi connectivity index (χ1n) is 8.47. The fourth-order valence-electron chi connectivity index (χ4n) is 2.68. The molecular formula is C17H20F3N5O4. The van der Waals surface area contributed by atoms with Gasteiger partial charge in [0.15, 0.2) is 0 Å². The second-order valence-corrected chi connectivity index (χ2v) is 6.56. The van der Waals surface area contributed by atoms with E-state index in [-0.39, 0.29) is 11.5 Å². The Morgan fingerprint density at radius 3 is 2.55 bits per heavy atom. The summed E-state index contributed by atoms with van der Waals surface area (Å²) in [6.45, 7) is 2.29. The quantitative estimate of drug-likeness (QED) is 0.687. The molecule has 2 aromatic rings. The van der Waals surface area contributed by atoms with Crippen molar-refractivity contribution in [1.82, 2.24) is 25.0 Å². The molecule has 0 fully saturated rings. The van der Waals surface area contributed by atoms with Crippen molar-refractivity contribution < 1.29 is 27.9 Å². The molecule has 158 valence electrons. The van der Waals surface area contributed by atoms with Gasteiger partial charge in [0, 0.05) is 51.9 Å². The third-order valence-electron chi connectivity index (χ3n) is 4.06. The largest absolute Gasteiger partial charge is 0.490 e. The highest BCUT2D eigenvalue weighted by Gasteiger charge is 2.38. The highest BCUT2D eigenvalue weighted by atomic mass is 19.4. The Hall–Kier alpha value is -3.15. The number of aromatic amines is 2. The molecule has 3 N–H and O–H groups in total. The predicted molar refractivity (Wildman–Crippen MR) is 95.2 cm³/mol. The highest BCUT2D eigenvalue weighted by Crippen LogP contribution is 2.17. The molecule has 0 aromatic carbocycles. The molecule has 0 unspecified atom stereocenters. The minimum Gasteiger partial charge on any atom is -0.475 e. The molecule has 29 heavy (non-hydrogen) atoms. The molecule has 0 atom stereocenters. The van der Waals surface area contributed by atoms with Crippen molar-refractivity contribution in [3.8, 4) is 0 Å². The van der Waals surface area contributed by atoms with E-state index in [0.29, 0.717) is 18.8 Å². The van der Waals surface area contributed by atoms with Crippen LogP contribution >= 0.6 is 0 Å². The molecule has 3 rings (SSSR count). The minimum absolute atomic E-state index is 0.0361. The molecule has 1 aliphatic rings. The number of hydrogen-bond donors (Lipinski definition) is 3. The van der Waals surface area contributed by atoms with E-state index in [1.165, 1.54) is 0 Å². The molecular weight excluding hydrogens is 395 g/mol. The van der Waals surface area contributed by atoms with Crippen molar-refractivity contribution in [2.75, 3.05) is 20.6 Å². The van der Waals surface area contributed by atoms with Gasteiger partial charge in [-0.3, -0.25) is 14.5 Å². The molecule has 0 aliphatic carbocycles. The number of carbonyl (C=O) groups is 2. The van der Waals surface area contributed by atoms with Gasteiger partial charge in [0.2, 0.25) is 0 Å². The summed E-state index contributed by atoms with van der Waals surface area (Å²) in [5.74, 6) is -2.79. The van der Waals surface area contributed by atoms with Crippen molar-refractivity contribution in [2.24, 2.45) is 0 Å². The lowest BCUT2D eigenvalue weighted by atomic mass is 10.1. The molecule has 1 aliphatic heterocycles. The van der Waals surface area contributed by atoms with E-state index in [2.05, 4.69) is 20.1 Å². The highest BCUT2D eigenvalue weighted by molar-refractivity contribution is 5.92. The van der Waals surface area contributed by atoms with E-state index in [4.69, 9.17) is 9.90 Å². The average molecular weight is 415 g/mol. The zero-order valence-electron chi connectivity index (χ0n) is 15.7. The van der Waals surface area contributed by atoms with E-state index >= 15 is 0 Å². The number of nitrogens with one attached hydrogen (secondary N) is 2. The lowest BCUT2D eigenvalue weighted by Crippen LogP contribution is -2.32. The Bertz CT molecular complexity index is 936. The number of alkyl halides is 3. The maximum Gasteiger partial charge on any atom is 0.490 e. The van der Waals surface area contributed by atoms with Crippen molar-refractivity contribution in [3.63, 3.8) is 0 Å². The van der Waals surface area contributed by atoms with Crippen LogP contribution in [0.3, 0.4) is 0 Å². The number of carbonyl (C=O) groups excluding carboxylic acids is 1. The van der Waals surface area contributed by atoms with Gasteiger partial charge in [-0.15, -0.1) is 0 Å². The van der Waals surface area contributed by atoms with Gasteiger partial charge in [-0.25, -0.2) is 9.89 Å². The van der Waals surface area contributed by atoms with Crippen LogP contribution in [0.4, 0.5) is 13.2 Å². The minimum atomic E-state index is -5.08. The second kappa shape index (κ2) is 8.90. The first-order chi connectivity index (χ1) is 13.5. The third kappa shape index (κ3) is 6.17. The first kappa shape index (κ1) is 22.1. The zero-order chi connectivity index (χ0) is 21.8. The summed E-state index contributed by atoms with van der Waals surface area (Å²) >= 11 is 0. The number of rotatable bonds is 3. The van der Waals surface area contributed by atoms with Gasteiger partial charge in [-0.05, 0) is 17.7 Å². The van der Waals surface area contributed by atoms with E-state index < -0.39 is 12.1 Å². The summed E-state index contributed by atoms with van der Waals surface area (Å²) < 4.78 is 31.7. The van der Waals surface area contributed by atoms with Crippen LogP contribution in [0.15, 0.2) is 23.0 Å². The van der Waals surface area contributed by atoms with E-state index in [0.717, 1.165) is 29.9 Å². The average Bonchev–Trinajstić information content (AvgIpc) is 3.08. The second-order valence-electron chi connectivity index (χ2n) is 6.56. The smallest absolute Gasteiger partial charge is 0.475 e. The van der Waals surface area contributed by atoms with E-state index in [9.17, 15) is 22.8 Å². The molecule has 9 nitrogen and oxygen atoms in total. The fourth-order valence-corrected chi connectivity index (χ4v) is 2.68. The number of carboxylic acids is 1. The molecule has 0 saturated heterocycles. The van der Waals surface area contributed by atoms with Crippen LogP contribution < -0.4 is 5.56 Å². The summed E-state index contributed by atoms with van der Waals surface area (Å²) in [5, 5.41) is 13.7. The van der Waals surface area contributed by atoms with Gasteiger partial charge >= 0.3 is 12.1 Å². The first-order valence-corrected chi connectivity index (χ1v) is 8.47. The van der Waals surface area contributed by atoms with Crippen LogP contribution in [-0.2, 0) is 24.3 Å². The Kier molecular flexibility index (Phi) is 6.80. The summed E-state index contributed by atoms with van der Waals surface area (Å²) in [6, 6.07) is 5.36. The van der Waals surface area contributed by atoms with Crippen molar-refractivity contribution >= 4 is 11.9 Å². The van der Waals surface area contributed by atoms with Gasteiger partial charge < -0.3 is 15.0 Å². The fraction of sp³-hybridized carbons (Fsp3) is 0.412. The standard InChI is InChI=1S/C15H19N5O2.C2HF3O2/c1-19(2)15(22)13-4-3-11(16-13)9-20-6-5-12-10(8-20)7-14(21)18-17-12;3-2(4,5)1(6)7/h3-4,7,16H,5-6,8-9H2,1-2H3,(H,18,21);(H,6,7). The monoisotopic (exact) mass is 415 g/mol. The van der Waals surface area contributed by atoms with Gasteiger partial charge in [-0.1, -0.05) is 0 Å². The Balaban J connectivity index is 0.000000370. The normalized spacial score (nSPS) is 13.8. The van der Waals surface area contributed by atoms with Crippen molar-refractivity contribution in [2.45, 2.75) is 25.7 Å². The summed E-state index contributed by atoms with van der Waals surface area (Å²) in [5.41, 5.74) is 3.36. The zero-order valence-corrected chi connectivity index (χ0v) is 15.7. The SMILES string of the molecule is CN(C)C(=O)c1ccc(CN2CCc3n[nH]c(=O)cc3C2)[nH]1.O=C(O)C(F)(F)F. The number of nitrogens with zero attached hydrogens (tertiary/aromatic N) is 3.